The van der Waals surface area contributed by atoms with E-state index >= 15 is 0 Å². The number of anilines is 1. The Labute approximate surface area is 124 Å². The molecule has 0 aliphatic carbocycles. The van der Waals surface area contributed by atoms with Gasteiger partial charge in [-0.1, -0.05) is 23.8 Å². The molecule has 0 radical (unpaired) electrons. The summed E-state index contributed by atoms with van der Waals surface area (Å²) >= 11 is 0. The van der Waals surface area contributed by atoms with Crippen molar-refractivity contribution in [2.24, 2.45) is 5.73 Å². The fourth-order valence-electron chi connectivity index (χ4n) is 2.68. The third-order valence-corrected chi connectivity index (χ3v) is 3.45. The fourth-order valence-corrected chi connectivity index (χ4v) is 2.68. The van der Waals surface area contributed by atoms with Gasteiger partial charge in [0.2, 0.25) is 5.91 Å². The summed E-state index contributed by atoms with van der Waals surface area (Å²) < 4.78 is 13.3. The van der Waals surface area contributed by atoms with Crippen LogP contribution in [0.25, 0.3) is 0 Å². The van der Waals surface area contributed by atoms with Crippen LogP contribution in [0.3, 0.4) is 0 Å². The molecule has 110 valence electrons. The number of hydrogen-bond donors (Lipinski definition) is 2. The average molecular weight is 286 g/mol. The summed E-state index contributed by atoms with van der Waals surface area (Å²) in [5, 5.41) is 3.02. The van der Waals surface area contributed by atoms with Gasteiger partial charge in [0.25, 0.3) is 0 Å². The second kappa shape index (κ2) is 5.95. The van der Waals surface area contributed by atoms with Crippen molar-refractivity contribution in [3.05, 3.63) is 64.5 Å². The summed E-state index contributed by atoms with van der Waals surface area (Å²) in [5.41, 5.74) is 10.0. The minimum absolute atomic E-state index is 0.361. The average Bonchev–Trinajstić information content (AvgIpc) is 2.36. The number of benzene rings is 2. The van der Waals surface area contributed by atoms with Gasteiger partial charge in [-0.25, -0.2) is 4.39 Å². The number of amides is 1. The molecule has 3 nitrogen and oxygen atoms in total. The molecule has 2 rings (SSSR count). The molecule has 21 heavy (non-hydrogen) atoms. The maximum atomic E-state index is 13.3. The molecule has 3 N–H and O–H groups in total. The van der Waals surface area contributed by atoms with E-state index in [1.54, 1.807) is 12.1 Å². The van der Waals surface area contributed by atoms with E-state index in [2.05, 4.69) is 5.32 Å². The van der Waals surface area contributed by atoms with Crippen LogP contribution in [0, 0.1) is 26.6 Å². The molecule has 0 aromatic heterocycles. The van der Waals surface area contributed by atoms with E-state index in [1.165, 1.54) is 12.1 Å². The predicted molar refractivity (Wildman–Crippen MR) is 82.6 cm³/mol. The Hall–Kier alpha value is -2.36. The van der Waals surface area contributed by atoms with Gasteiger partial charge in [0.1, 0.15) is 11.9 Å². The van der Waals surface area contributed by atoms with E-state index in [4.69, 9.17) is 5.73 Å². The number of carbonyl (C=O) groups excluding carboxylic acids is 1. The van der Waals surface area contributed by atoms with Crippen molar-refractivity contribution in [2.45, 2.75) is 26.8 Å². The van der Waals surface area contributed by atoms with Crippen LogP contribution in [0.1, 0.15) is 28.3 Å². The standard InChI is InChI=1S/C17H19FN2O/c1-10-7-11(2)15(12(3)8-10)16(17(19)21)20-14-6-4-5-13(18)9-14/h4-9,16,20H,1-3H3,(H2,19,21). The van der Waals surface area contributed by atoms with Gasteiger partial charge in [0.15, 0.2) is 0 Å². The van der Waals surface area contributed by atoms with Crippen LogP contribution in [0.2, 0.25) is 0 Å². The topological polar surface area (TPSA) is 55.1 Å². The highest BCUT2D eigenvalue weighted by Crippen LogP contribution is 2.27. The normalized spacial score (nSPS) is 12.0. The van der Waals surface area contributed by atoms with Crippen LogP contribution in [-0.2, 0) is 4.79 Å². The molecule has 2 aromatic carbocycles. The van der Waals surface area contributed by atoms with Gasteiger partial charge in [0, 0.05) is 5.69 Å². The molecule has 0 saturated carbocycles. The van der Waals surface area contributed by atoms with Gasteiger partial charge in [0.05, 0.1) is 0 Å². The number of nitrogens with two attached hydrogens (primary N) is 1. The number of carbonyl (C=O) groups is 1. The van der Waals surface area contributed by atoms with Crippen LogP contribution in [0.4, 0.5) is 10.1 Å². The van der Waals surface area contributed by atoms with Crippen molar-refractivity contribution < 1.29 is 9.18 Å². The summed E-state index contributed by atoms with van der Waals surface area (Å²) in [6, 6.07) is 9.31. The summed E-state index contributed by atoms with van der Waals surface area (Å²) in [7, 11) is 0. The largest absolute Gasteiger partial charge is 0.370 e. The molecule has 1 amide bonds. The zero-order chi connectivity index (χ0) is 15.6. The number of primary amides is 1. The molecular formula is C17H19FN2O. The molecule has 0 bridgehead atoms. The van der Waals surface area contributed by atoms with E-state index in [9.17, 15) is 9.18 Å². The number of nitrogens with one attached hydrogen (secondary N) is 1. The smallest absolute Gasteiger partial charge is 0.244 e. The van der Waals surface area contributed by atoms with E-state index < -0.39 is 11.9 Å². The third-order valence-electron chi connectivity index (χ3n) is 3.45. The zero-order valence-corrected chi connectivity index (χ0v) is 12.4. The highest BCUT2D eigenvalue weighted by molar-refractivity contribution is 5.85. The monoisotopic (exact) mass is 286 g/mol. The number of halogens is 1. The first-order valence-electron chi connectivity index (χ1n) is 6.77. The number of hydrogen-bond acceptors (Lipinski definition) is 2. The molecule has 0 saturated heterocycles. The molecule has 4 heteroatoms. The maximum Gasteiger partial charge on any atom is 0.244 e. The lowest BCUT2D eigenvalue weighted by Crippen LogP contribution is -2.29. The summed E-state index contributed by atoms with van der Waals surface area (Å²) in [5.74, 6) is -0.852. The van der Waals surface area contributed by atoms with Crippen molar-refractivity contribution in [3.8, 4) is 0 Å². The first kappa shape index (κ1) is 15.0. The van der Waals surface area contributed by atoms with E-state index in [0.29, 0.717) is 5.69 Å². The van der Waals surface area contributed by atoms with Gasteiger partial charge in [-0.2, -0.15) is 0 Å². The summed E-state index contributed by atoms with van der Waals surface area (Å²) in [6.07, 6.45) is 0. The Morgan fingerprint density at radius 2 is 1.76 bits per heavy atom. The van der Waals surface area contributed by atoms with E-state index in [-0.39, 0.29) is 5.82 Å². The molecule has 0 heterocycles. The highest BCUT2D eigenvalue weighted by atomic mass is 19.1. The van der Waals surface area contributed by atoms with Crippen molar-refractivity contribution in [1.82, 2.24) is 0 Å². The van der Waals surface area contributed by atoms with Crippen molar-refractivity contribution in [3.63, 3.8) is 0 Å². The maximum absolute atomic E-state index is 13.3. The molecule has 0 spiro atoms. The fraction of sp³-hybridized carbons (Fsp3) is 0.235. The third kappa shape index (κ3) is 3.40. The molecular weight excluding hydrogens is 267 g/mol. The molecule has 0 aliphatic rings. The molecule has 2 aromatic rings. The second-order valence-corrected chi connectivity index (χ2v) is 5.30. The predicted octanol–water partition coefficient (Wildman–Crippen LogP) is 3.39. The first-order valence-corrected chi connectivity index (χ1v) is 6.77. The Kier molecular flexibility index (Phi) is 4.26. The van der Waals surface area contributed by atoms with E-state index in [1.807, 2.05) is 32.9 Å². The Balaban J connectivity index is 2.43. The van der Waals surface area contributed by atoms with Gasteiger partial charge in [-0.15, -0.1) is 0 Å². The Morgan fingerprint density at radius 1 is 1.14 bits per heavy atom. The van der Waals surface area contributed by atoms with Gasteiger partial charge >= 0.3 is 0 Å². The van der Waals surface area contributed by atoms with Gasteiger partial charge < -0.3 is 11.1 Å². The lowest BCUT2D eigenvalue weighted by atomic mass is 9.93. The molecule has 1 atom stereocenters. The van der Waals surface area contributed by atoms with Gasteiger partial charge in [-0.3, -0.25) is 4.79 Å². The summed E-state index contributed by atoms with van der Waals surface area (Å²) in [6.45, 7) is 5.89. The van der Waals surface area contributed by atoms with E-state index in [0.717, 1.165) is 22.3 Å². The van der Waals surface area contributed by atoms with Crippen molar-refractivity contribution >= 4 is 11.6 Å². The van der Waals surface area contributed by atoms with Crippen molar-refractivity contribution in [1.29, 1.82) is 0 Å². The van der Waals surface area contributed by atoms with Crippen LogP contribution < -0.4 is 11.1 Å². The highest BCUT2D eigenvalue weighted by Gasteiger charge is 2.22. The number of rotatable bonds is 4. The lowest BCUT2D eigenvalue weighted by molar-refractivity contribution is -0.118. The number of aryl methyl sites for hydroxylation is 3. The quantitative estimate of drug-likeness (QED) is 0.905. The summed E-state index contributed by atoms with van der Waals surface area (Å²) in [4.78, 5) is 11.8. The zero-order valence-electron chi connectivity index (χ0n) is 12.4. The van der Waals surface area contributed by atoms with Crippen LogP contribution in [0.5, 0.6) is 0 Å². The molecule has 0 aliphatic heterocycles. The molecule has 0 fully saturated rings. The van der Waals surface area contributed by atoms with Crippen molar-refractivity contribution in [2.75, 3.05) is 5.32 Å². The Bertz CT molecular complexity index is 659. The SMILES string of the molecule is Cc1cc(C)c(C(Nc2cccc(F)c2)C(N)=O)c(C)c1. The second-order valence-electron chi connectivity index (χ2n) is 5.30. The first-order chi connectivity index (χ1) is 9.88. The van der Waals surface area contributed by atoms with Crippen LogP contribution in [-0.4, -0.2) is 5.91 Å². The van der Waals surface area contributed by atoms with Crippen LogP contribution in [0.15, 0.2) is 36.4 Å². The lowest BCUT2D eigenvalue weighted by Gasteiger charge is -2.22. The minimum Gasteiger partial charge on any atom is -0.370 e. The van der Waals surface area contributed by atoms with Crippen LogP contribution >= 0.6 is 0 Å². The minimum atomic E-state index is -0.688. The molecule has 1 unspecified atom stereocenters. The Morgan fingerprint density at radius 3 is 2.29 bits per heavy atom. The van der Waals surface area contributed by atoms with Gasteiger partial charge in [-0.05, 0) is 55.7 Å².